The van der Waals surface area contributed by atoms with Crippen LogP contribution in [0.3, 0.4) is 0 Å². The molecule has 1 rings (SSSR count). The maximum atomic E-state index is 12.9. The number of aliphatic hydroxyl groups is 2. The first-order valence-electron chi connectivity index (χ1n) is 5.52. The highest BCUT2D eigenvalue weighted by molar-refractivity contribution is 5.18. The molecular weight excluding hydrogens is 226 g/mol. The standard InChI is InChI=1S/C13H18F2O2/c1-13(2,3)12(17)11(16)7-8-4-5-9(14)10(15)6-8/h4-6,11-12,16-17H,7H2,1-3H3. The molecule has 0 aliphatic rings. The summed E-state index contributed by atoms with van der Waals surface area (Å²) < 4.78 is 25.6. The summed E-state index contributed by atoms with van der Waals surface area (Å²) in [5.41, 5.74) is -0.00227. The second kappa shape index (κ2) is 5.10. The molecule has 96 valence electrons. The van der Waals surface area contributed by atoms with E-state index in [9.17, 15) is 19.0 Å². The summed E-state index contributed by atoms with van der Waals surface area (Å²) in [6, 6.07) is 3.45. The van der Waals surface area contributed by atoms with E-state index in [4.69, 9.17) is 0 Å². The molecule has 0 saturated heterocycles. The van der Waals surface area contributed by atoms with Crippen molar-refractivity contribution in [2.24, 2.45) is 5.41 Å². The third kappa shape index (κ3) is 3.75. The fourth-order valence-electron chi connectivity index (χ4n) is 1.60. The molecular formula is C13H18F2O2. The monoisotopic (exact) mass is 244 g/mol. The number of hydrogen-bond donors (Lipinski definition) is 2. The van der Waals surface area contributed by atoms with Crippen molar-refractivity contribution in [1.82, 2.24) is 0 Å². The van der Waals surface area contributed by atoms with Gasteiger partial charge in [0.1, 0.15) is 0 Å². The molecule has 4 heteroatoms. The van der Waals surface area contributed by atoms with Gasteiger partial charge in [0.2, 0.25) is 0 Å². The van der Waals surface area contributed by atoms with Crippen molar-refractivity contribution in [2.75, 3.05) is 0 Å². The van der Waals surface area contributed by atoms with E-state index in [1.165, 1.54) is 6.07 Å². The van der Waals surface area contributed by atoms with Gasteiger partial charge in [0.25, 0.3) is 0 Å². The highest BCUT2D eigenvalue weighted by atomic mass is 19.2. The van der Waals surface area contributed by atoms with Crippen LogP contribution in [0.4, 0.5) is 8.78 Å². The first-order valence-corrected chi connectivity index (χ1v) is 5.52. The zero-order valence-corrected chi connectivity index (χ0v) is 10.2. The maximum absolute atomic E-state index is 12.9. The Hall–Kier alpha value is -1.00. The maximum Gasteiger partial charge on any atom is 0.159 e. The smallest absolute Gasteiger partial charge is 0.159 e. The van der Waals surface area contributed by atoms with Gasteiger partial charge in [-0.2, -0.15) is 0 Å². The van der Waals surface area contributed by atoms with Crippen LogP contribution in [0.1, 0.15) is 26.3 Å². The molecule has 0 bridgehead atoms. The molecule has 1 aromatic carbocycles. The SMILES string of the molecule is CC(C)(C)C(O)C(O)Cc1ccc(F)c(F)c1. The normalized spacial score (nSPS) is 15.7. The van der Waals surface area contributed by atoms with E-state index >= 15 is 0 Å². The van der Waals surface area contributed by atoms with Crippen molar-refractivity contribution in [2.45, 2.75) is 39.4 Å². The third-order valence-corrected chi connectivity index (χ3v) is 2.68. The van der Waals surface area contributed by atoms with Crippen LogP contribution in [0.25, 0.3) is 0 Å². The van der Waals surface area contributed by atoms with Gasteiger partial charge in [0.05, 0.1) is 12.2 Å². The Bertz CT molecular complexity index is 385. The zero-order valence-electron chi connectivity index (χ0n) is 10.2. The van der Waals surface area contributed by atoms with Crippen LogP contribution in [-0.2, 0) is 6.42 Å². The predicted molar refractivity (Wildman–Crippen MR) is 61.5 cm³/mol. The van der Waals surface area contributed by atoms with Gasteiger partial charge < -0.3 is 10.2 Å². The molecule has 0 heterocycles. The summed E-state index contributed by atoms with van der Waals surface area (Å²) in [4.78, 5) is 0. The second-order valence-corrected chi connectivity index (χ2v) is 5.33. The second-order valence-electron chi connectivity index (χ2n) is 5.33. The highest BCUT2D eigenvalue weighted by Gasteiger charge is 2.29. The molecule has 0 saturated carbocycles. The Labute approximate surface area is 99.9 Å². The fraction of sp³-hybridized carbons (Fsp3) is 0.538. The van der Waals surface area contributed by atoms with Crippen molar-refractivity contribution in [3.63, 3.8) is 0 Å². The van der Waals surface area contributed by atoms with Gasteiger partial charge in [-0.15, -0.1) is 0 Å². The molecule has 17 heavy (non-hydrogen) atoms. The Morgan fingerprint density at radius 1 is 1.12 bits per heavy atom. The van der Waals surface area contributed by atoms with Gasteiger partial charge >= 0.3 is 0 Å². The minimum atomic E-state index is -1.00. The van der Waals surface area contributed by atoms with E-state index in [-0.39, 0.29) is 6.42 Å². The van der Waals surface area contributed by atoms with Gasteiger partial charge in [-0.1, -0.05) is 26.8 Å². The summed E-state index contributed by atoms with van der Waals surface area (Å²) in [6.07, 6.45) is -1.83. The summed E-state index contributed by atoms with van der Waals surface area (Å²) >= 11 is 0. The molecule has 0 aliphatic carbocycles. The first-order chi connectivity index (χ1) is 7.71. The molecule has 0 fully saturated rings. The summed E-state index contributed by atoms with van der Waals surface area (Å²) in [5, 5.41) is 19.6. The van der Waals surface area contributed by atoms with Crippen LogP contribution < -0.4 is 0 Å². The number of aliphatic hydroxyl groups excluding tert-OH is 2. The molecule has 2 unspecified atom stereocenters. The van der Waals surface area contributed by atoms with Crippen molar-refractivity contribution < 1.29 is 19.0 Å². The summed E-state index contributed by atoms with van der Waals surface area (Å²) in [6.45, 7) is 5.39. The van der Waals surface area contributed by atoms with Gasteiger partial charge in [-0.05, 0) is 23.1 Å². The van der Waals surface area contributed by atoms with Crippen molar-refractivity contribution in [3.05, 3.63) is 35.4 Å². The Morgan fingerprint density at radius 2 is 1.71 bits per heavy atom. The molecule has 0 spiro atoms. The Morgan fingerprint density at radius 3 is 2.18 bits per heavy atom. The minimum Gasteiger partial charge on any atom is -0.390 e. The molecule has 0 aromatic heterocycles. The molecule has 1 aromatic rings. The minimum absolute atomic E-state index is 0.0929. The van der Waals surface area contributed by atoms with E-state index < -0.39 is 29.3 Å². The molecule has 2 nitrogen and oxygen atoms in total. The first kappa shape index (κ1) is 14.1. The molecule has 2 atom stereocenters. The Kier molecular flexibility index (Phi) is 4.22. The largest absolute Gasteiger partial charge is 0.390 e. The lowest BCUT2D eigenvalue weighted by molar-refractivity contribution is -0.0434. The number of benzene rings is 1. The van der Waals surface area contributed by atoms with Crippen LogP contribution >= 0.6 is 0 Å². The molecule has 0 amide bonds. The highest BCUT2D eigenvalue weighted by Crippen LogP contribution is 2.23. The van der Waals surface area contributed by atoms with E-state index in [1.54, 1.807) is 20.8 Å². The van der Waals surface area contributed by atoms with E-state index in [0.717, 1.165) is 12.1 Å². The number of halogens is 2. The molecule has 2 N–H and O–H groups in total. The number of hydrogen-bond acceptors (Lipinski definition) is 2. The lowest BCUT2D eigenvalue weighted by atomic mass is 9.84. The zero-order chi connectivity index (χ0) is 13.2. The van der Waals surface area contributed by atoms with Gasteiger partial charge in [0.15, 0.2) is 11.6 Å². The van der Waals surface area contributed by atoms with Gasteiger partial charge in [-0.25, -0.2) is 8.78 Å². The lowest BCUT2D eigenvalue weighted by Crippen LogP contribution is -2.38. The fourth-order valence-corrected chi connectivity index (χ4v) is 1.60. The van der Waals surface area contributed by atoms with Gasteiger partial charge in [0, 0.05) is 6.42 Å². The number of rotatable bonds is 3. The predicted octanol–water partition coefficient (Wildman–Crippen LogP) is 2.28. The molecule has 0 aliphatic heterocycles. The van der Waals surface area contributed by atoms with Crippen LogP contribution in [0.15, 0.2) is 18.2 Å². The molecule has 0 radical (unpaired) electrons. The van der Waals surface area contributed by atoms with Crippen molar-refractivity contribution in [3.8, 4) is 0 Å². The van der Waals surface area contributed by atoms with Crippen LogP contribution in [0.5, 0.6) is 0 Å². The average molecular weight is 244 g/mol. The van der Waals surface area contributed by atoms with E-state index in [2.05, 4.69) is 0 Å². The third-order valence-electron chi connectivity index (χ3n) is 2.68. The van der Waals surface area contributed by atoms with Crippen LogP contribution in [0.2, 0.25) is 0 Å². The lowest BCUT2D eigenvalue weighted by Gasteiger charge is -2.30. The van der Waals surface area contributed by atoms with Crippen molar-refractivity contribution >= 4 is 0 Å². The topological polar surface area (TPSA) is 40.5 Å². The summed E-state index contributed by atoms with van der Waals surface area (Å²) in [7, 11) is 0. The summed E-state index contributed by atoms with van der Waals surface area (Å²) in [5.74, 6) is -1.86. The quantitative estimate of drug-likeness (QED) is 0.856. The van der Waals surface area contributed by atoms with Crippen LogP contribution in [0, 0.1) is 17.0 Å². The van der Waals surface area contributed by atoms with Crippen LogP contribution in [-0.4, -0.2) is 22.4 Å². The average Bonchev–Trinajstić information content (AvgIpc) is 2.21. The van der Waals surface area contributed by atoms with Gasteiger partial charge in [-0.3, -0.25) is 0 Å². The Balaban J connectivity index is 2.74. The van der Waals surface area contributed by atoms with Crippen molar-refractivity contribution in [1.29, 1.82) is 0 Å². The van der Waals surface area contributed by atoms with E-state index in [1.807, 2.05) is 0 Å². The van der Waals surface area contributed by atoms with E-state index in [0.29, 0.717) is 5.56 Å².